The van der Waals surface area contributed by atoms with Crippen LogP contribution in [0.25, 0.3) is 0 Å². The summed E-state index contributed by atoms with van der Waals surface area (Å²) >= 11 is 0. The van der Waals surface area contributed by atoms with Crippen LogP contribution in [0.1, 0.15) is 25.8 Å². The van der Waals surface area contributed by atoms with Crippen LogP contribution in [-0.2, 0) is 21.4 Å². The van der Waals surface area contributed by atoms with E-state index in [4.69, 9.17) is 5.73 Å². The van der Waals surface area contributed by atoms with Crippen molar-refractivity contribution in [1.82, 2.24) is 14.5 Å². The Bertz CT molecular complexity index is 721. The van der Waals surface area contributed by atoms with Gasteiger partial charge in [0, 0.05) is 32.7 Å². The molecule has 0 aromatic heterocycles. The van der Waals surface area contributed by atoms with Gasteiger partial charge in [-0.15, -0.1) is 12.4 Å². The Morgan fingerprint density at radius 1 is 1.22 bits per heavy atom. The molecule has 1 heterocycles. The van der Waals surface area contributed by atoms with Crippen LogP contribution in [-0.4, -0.2) is 62.8 Å². The molecule has 9 heteroatoms. The largest absolute Gasteiger partial charge is 0.351 e. The summed E-state index contributed by atoms with van der Waals surface area (Å²) in [6.07, 6.45) is 0.808. The Morgan fingerprint density at radius 3 is 2.41 bits per heavy atom. The average Bonchev–Trinajstić information content (AvgIpc) is 2.65. The minimum atomic E-state index is -3.58. The standard InChI is InChI=1S/C18H30N4O3S.ClH/c1-4-14(2)17(19)18(23)20-13-15-7-5-6-8-16(15)26(24,25)22-11-9-21(3)10-12-22;/h5-8,14,17H,4,9-13,19H2,1-3H3,(H,20,23);1H. The van der Waals surface area contributed by atoms with Crippen LogP contribution in [0.5, 0.6) is 0 Å². The number of carbonyl (C=O) groups excluding carboxylic acids is 1. The molecule has 1 aromatic rings. The van der Waals surface area contributed by atoms with Gasteiger partial charge in [-0.05, 0) is 24.6 Å². The van der Waals surface area contributed by atoms with Gasteiger partial charge < -0.3 is 16.0 Å². The molecule has 154 valence electrons. The second-order valence-corrected chi connectivity index (χ2v) is 8.85. The summed E-state index contributed by atoms with van der Waals surface area (Å²) in [5, 5.41) is 2.78. The first-order chi connectivity index (χ1) is 12.3. The van der Waals surface area contributed by atoms with Gasteiger partial charge in [-0.2, -0.15) is 4.31 Å². The van der Waals surface area contributed by atoms with Crippen LogP contribution in [0.3, 0.4) is 0 Å². The zero-order valence-corrected chi connectivity index (χ0v) is 17.9. The molecule has 0 spiro atoms. The topological polar surface area (TPSA) is 95.7 Å². The first-order valence-corrected chi connectivity index (χ1v) is 10.5. The first kappa shape index (κ1) is 23.8. The van der Waals surface area contributed by atoms with Crippen molar-refractivity contribution in [1.29, 1.82) is 0 Å². The Balaban J connectivity index is 0.00000364. The van der Waals surface area contributed by atoms with Gasteiger partial charge >= 0.3 is 0 Å². The van der Waals surface area contributed by atoms with Crippen molar-refractivity contribution in [3.8, 4) is 0 Å². The van der Waals surface area contributed by atoms with E-state index in [1.807, 2.05) is 20.9 Å². The van der Waals surface area contributed by atoms with Crippen LogP contribution in [0.15, 0.2) is 29.2 Å². The predicted octanol–water partition coefficient (Wildman–Crippen LogP) is 1.03. The number of sulfonamides is 1. The fraction of sp³-hybridized carbons (Fsp3) is 0.611. The minimum absolute atomic E-state index is 0. The lowest BCUT2D eigenvalue weighted by atomic mass is 9.99. The third-order valence-electron chi connectivity index (χ3n) is 5.07. The normalized spacial score (nSPS) is 18.4. The number of carbonyl (C=O) groups is 1. The van der Waals surface area contributed by atoms with Crippen molar-refractivity contribution in [2.45, 2.75) is 37.8 Å². The van der Waals surface area contributed by atoms with Gasteiger partial charge in [0.25, 0.3) is 0 Å². The van der Waals surface area contributed by atoms with Crippen LogP contribution in [0.2, 0.25) is 0 Å². The summed E-state index contributed by atoms with van der Waals surface area (Å²) in [6.45, 7) is 6.42. The van der Waals surface area contributed by atoms with Gasteiger partial charge in [0.05, 0.1) is 10.9 Å². The van der Waals surface area contributed by atoms with Gasteiger partial charge in [-0.3, -0.25) is 4.79 Å². The molecule has 1 fully saturated rings. The van der Waals surface area contributed by atoms with E-state index in [0.717, 1.165) is 6.42 Å². The molecule has 1 aliphatic rings. The predicted molar refractivity (Wildman–Crippen MR) is 109 cm³/mol. The first-order valence-electron chi connectivity index (χ1n) is 9.07. The molecular formula is C18H31ClN4O3S. The molecule has 7 nitrogen and oxygen atoms in total. The van der Waals surface area contributed by atoms with Crippen LogP contribution in [0.4, 0.5) is 0 Å². The molecule has 1 aliphatic heterocycles. The molecule has 0 bridgehead atoms. The zero-order chi connectivity index (χ0) is 19.3. The molecule has 1 aromatic carbocycles. The third-order valence-corrected chi connectivity index (χ3v) is 7.06. The average molecular weight is 419 g/mol. The van der Waals surface area contributed by atoms with Crippen molar-refractivity contribution in [2.75, 3.05) is 33.2 Å². The Labute approximate surface area is 168 Å². The maximum absolute atomic E-state index is 13.0. The highest BCUT2D eigenvalue weighted by Gasteiger charge is 2.29. The molecule has 2 rings (SSSR count). The van der Waals surface area contributed by atoms with E-state index in [0.29, 0.717) is 31.7 Å². The SMILES string of the molecule is CCC(C)C(N)C(=O)NCc1ccccc1S(=O)(=O)N1CCN(C)CC1.Cl. The number of nitrogens with one attached hydrogen (secondary N) is 1. The number of rotatable bonds is 7. The van der Waals surface area contributed by atoms with E-state index in [2.05, 4.69) is 10.2 Å². The monoisotopic (exact) mass is 418 g/mol. The van der Waals surface area contributed by atoms with Crippen molar-refractivity contribution in [3.63, 3.8) is 0 Å². The maximum Gasteiger partial charge on any atom is 0.243 e. The van der Waals surface area contributed by atoms with Gasteiger partial charge in [0.15, 0.2) is 0 Å². The summed E-state index contributed by atoms with van der Waals surface area (Å²) < 4.78 is 27.5. The summed E-state index contributed by atoms with van der Waals surface area (Å²) in [4.78, 5) is 14.6. The van der Waals surface area contributed by atoms with E-state index in [9.17, 15) is 13.2 Å². The number of benzene rings is 1. The lowest BCUT2D eigenvalue weighted by Crippen LogP contribution is -2.47. The Hall–Kier alpha value is -1.19. The molecule has 3 N–H and O–H groups in total. The van der Waals surface area contributed by atoms with E-state index in [1.165, 1.54) is 4.31 Å². The molecule has 27 heavy (non-hydrogen) atoms. The minimum Gasteiger partial charge on any atom is -0.351 e. The van der Waals surface area contributed by atoms with Crippen molar-refractivity contribution >= 4 is 28.3 Å². The number of piperazine rings is 1. The van der Waals surface area contributed by atoms with E-state index < -0.39 is 16.1 Å². The molecule has 0 saturated carbocycles. The van der Waals surface area contributed by atoms with E-state index in [1.54, 1.807) is 24.3 Å². The fourth-order valence-corrected chi connectivity index (χ4v) is 4.53. The van der Waals surface area contributed by atoms with Crippen molar-refractivity contribution in [3.05, 3.63) is 29.8 Å². The van der Waals surface area contributed by atoms with E-state index in [-0.39, 0.29) is 35.7 Å². The quantitative estimate of drug-likeness (QED) is 0.689. The van der Waals surface area contributed by atoms with Crippen LogP contribution in [0, 0.1) is 5.92 Å². The van der Waals surface area contributed by atoms with Gasteiger partial charge in [0.2, 0.25) is 15.9 Å². The number of halogens is 1. The molecule has 0 radical (unpaired) electrons. The number of hydrogen-bond acceptors (Lipinski definition) is 5. The smallest absolute Gasteiger partial charge is 0.243 e. The summed E-state index contributed by atoms with van der Waals surface area (Å²) in [7, 11) is -1.60. The summed E-state index contributed by atoms with van der Waals surface area (Å²) in [6, 6.07) is 6.22. The molecule has 2 unspecified atom stereocenters. The number of likely N-dealkylation sites (N-methyl/N-ethyl adjacent to an activating group) is 1. The lowest BCUT2D eigenvalue weighted by molar-refractivity contribution is -0.123. The Kier molecular flexibility index (Phi) is 9.17. The van der Waals surface area contributed by atoms with Gasteiger partial charge in [0.1, 0.15) is 0 Å². The van der Waals surface area contributed by atoms with Crippen molar-refractivity contribution in [2.24, 2.45) is 11.7 Å². The highest BCUT2D eigenvalue weighted by Crippen LogP contribution is 2.21. The fourth-order valence-electron chi connectivity index (χ4n) is 2.88. The van der Waals surface area contributed by atoms with Crippen molar-refractivity contribution < 1.29 is 13.2 Å². The van der Waals surface area contributed by atoms with Crippen LogP contribution >= 0.6 is 12.4 Å². The number of amides is 1. The Morgan fingerprint density at radius 2 is 1.81 bits per heavy atom. The van der Waals surface area contributed by atoms with E-state index >= 15 is 0 Å². The van der Waals surface area contributed by atoms with Gasteiger partial charge in [-0.1, -0.05) is 38.5 Å². The number of hydrogen-bond donors (Lipinski definition) is 2. The lowest BCUT2D eigenvalue weighted by Gasteiger charge is -2.32. The van der Waals surface area contributed by atoms with Crippen LogP contribution < -0.4 is 11.1 Å². The highest BCUT2D eigenvalue weighted by molar-refractivity contribution is 7.89. The molecule has 1 amide bonds. The molecular weight excluding hydrogens is 388 g/mol. The number of nitrogens with two attached hydrogens (primary N) is 1. The van der Waals surface area contributed by atoms with Gasteiger partial charge in [-0.25, -0.2) is 8.42 Å². The number of nitrogens with zero attached hydrogens (tertiary/aromatic N) is 2. The molecule has 0 aliphatic carbocycles. The second-order valence-electron chi connectivity index (χ2n) is 6.94. The third kappa shape index (κ3) is 5.89. The molecule has 2 atom stereocenters. The highest BCUT2D eigenvalue weighted by atomic mass is 35.5. The summed E-state index contributed by atoms with van der Waals surface area (Å²) in [5.74, 6) is -0.189. The second kappa shape index (κ2) is 10.4. The summed E-state index contributed by atoms with van der Waals surface area (Å²) in [5.41, 5.74) is 6.53. The maximum atomic E-state index is 13.0. The zero-order valence-electron chi connectivity index (χ0n) is 16.2. The molecule has 1 saturated heterocycles.